The van der Waals surface area contributed by atoms with Crippen LogP contribution in [-0.2, 0) is 4.79 Å². The second kappa shape index (κ2) is 6.17. The maximum Gasteiger partial charge on any atom is 0.240 e. The molecule has 4 nitrogen and oxygen atoms in total. The monoisotopic (exact) mass is 239 g/mol. The number of carbonyl (C=O) groups excluding carboxylic acids is 1. The van der Waals surface area contributed by atoms with Gasteiger partial charge in [0.25, 0.3) is 0 Å². The van der Waals surface area contributed by atoms with Crippen molar-refractivity contribution in [2.24, 2.45) is 0 Å². The quantitative estimate of drug-likeness (QED) is 0.712. The number of nitrogens with zero attached hydrogens (tertiary/aromatic N) is 1. The van der Waals surface area contributed by atoms with Gasteiger partial charge in [0.05, 0.1) is 5.54 Å². The Labute approximate surface area is 104 Å². The lowest BCUT2D eigenvalue weighted by molar-refractivity contribution is -0.131. The molecule has 2 N–H and O–H groups in total. The third kappa shape index (κ3) is 4.13. The number of allylic oxidation sites excluding steroid dienone is 1. The molecule has 1 heterocycles. The van der Waals surface area contributed by atoms with Gasteiger partial charge in [0.15, 0.2) is 0 Å². The zero-order chi connectivity index (χ0) is 12.9. The molecule has 0 aromatic heterocycles. The molecule has 0 unspecified atom stereocenters. The smallest absolute Gasteiger partial charge is 0.240 e. The number of nitrogens with one attached hydrogen (secondary N) is 2. The van der Waals surface area contributed by atoms with Crippen LogP contribution in [0.4, 0.5) is 0 Å². The first-order valence-electron chi connectivity index (χ1n) is 6.32. The highest BCUT2D eigenvalue weighted by molar-refractivity contribution is 5.85. The fourth-order valence-electron chi connectivity index (χ4n) is 1.93. The minimum Gasteiger partial charge on any atom is -0.351 e. The molecule has 0 aromatic carbocycles. The topological polar surface area (TPSA) is 44.4 Å². The van der Waals surface area contributed by atoms with Gasteiger partial charge in [-0.1, -0.05) is 11.6 Å². The number of hydrogen-bond donors (Lipinski definition) is 2. The van der Waals surface area contributed by atoms with Gasteiger partial charge in [0, 0.05) is 32.7 Å². The Bertz CT molecular complexity index is 287. The van der Waals surface area contributed by atoms with Crippen LogP contribution < -0.4 is 10.6 Å². The van der Waals surface area contributed by atoms with E-state index in [4.69, 9.17) is 0 Å². The number of hydrogen-bond acceptors (Lipinski definition) is 3. The van der Waals surface area contributed by atoms with Gasteiger partial charge in [0.1, 0.15) is 0 Å². The molecule has 0 bridgehead atoms. The summed E-state index contributed by atoms with van der Waals surface area (Å²) < 4.78 is 0. The van der Waals surface area contributed by atoms with Crippen LogP contribution in [0.15, 0.2) is 11.6 Å². The number of amides is 1. The lowest BCUT2D eigenvalue weighted by Gasteiger charge is -2.39. The molecule has 1 saturated heterocycles. The first-order valence-corrected chi connectivity index (χ1v) is 6.32. The molecule has 0 saturated carbocycles. The molecule has 0 radical (unpaired) electrons. The highest BCUT2D eigenvalue weighted by Crippen LogP contribution is 2.15. The van der Waals surface area contributed by atoms with Gasteiger partial charge in [-0.05, 0) is 27.7 Å². The van der Waals surface area contributed by atoms with E-state index in [2.05, 4.69) is 15.5 Å². The van der Waals surface area contributed by atoms with Crippen molar-refractivity contribution >= 4 is 5.91 Å². The first kappa shape index (κ1) is 14.2. The normalized spacial score (nSPS) is 17.6. The van der Waals surface area contributed by atoms with Gasteiger partial charge in [-0.2, -0.15) is 0 Å². The molecule has 98 valence electrons. The van der Waals surface area contributed by atoms with Crippen LogP contribution in [0.25, 0.3) is 0 Å². The molecule has 0 spiro atoms. The van der Waals surface area contributed by atoms with Crippen molar-refractivity contribution < 1.29 is 4.79 Å². The fourth-order valence-corrected chi connectivity index (χ4v) is 1.93. The summed E-state index contributed by atoms with van der Waals surface area (Å²) in [5, 5.41) is 6.28. The molecule has 1 amide bonds. The maximum absolute atomic E-state index is 12.1. The summed E-state index contributed by atoms with van der Waals surface area (Å²) in [6, 6.07) is 0. The van der Waals surface area contributed by atoms with E-state index in [-0.39, 0.29) is 5.91 Å². The second-order valence-corrected chi connectivity index (χ2v) is 5.29. The first-order chi connectivity index (χ1) is 7.94. The molecule has 1 rings (SSSR count). The Morgan fingerprint density at radius 3 is 2.47 bits per heavy atom. The van der Waals surface area contributed by atoms with Crippen molar-refractivity contribution in [2.45, 2.75) is 33.2 Å². The minimum atomic E-state index is -0.419. The fraction of sp³-hybridized carbons (Fsp3) is 0.769. The molecule has 0 aliphatic carbocycles. The highest BCUT2D eigenvalue weighted by Gasteiger charge is 2.34. The van der Waals surface area contributed by atoms with Crippen molar-refractivity contribution in [3.8, 4) is 0 Å². The van der Waals surface area contributed by atoms with Crippen LogP contribution in [0.3, 0.4) is 0 Å². The lowest BCUT2D eigenvalue weighted by Crippen LogP contribution is -2.60. The van der Waals surface area contributed by atoms with E-state index in [1.165, 1.54) is 5.57 Å². The molecular formula is C13H25N3O. The van der Waals surface area contributed by atoms with E-state index < -0.39 is 5.54 Å². The van der Waals surface area contributed by atoms with Crippen molar-refractivity contribution in [1.82, 2.24) is 15.5 Å². The molecule has 0 atom stereocenters. The number of rotatable bonds is 4. The maximum atomic E-state index is 12.1. The van der Waals surface area contributed by atoms with E-state index in [1.54, 1.807) is 0 Å². The van der Waals surface area contributed by atoms with Gasteiger partial charge in [-0.25, -0.2) is 0 Å². The van der Waals surface area contributed by atoms with E-state index in [0.29, 0.717) is 6.54 Å². The van der Waals surface area contributed by atoms with Crippen LogP contribution in [0.1, 0.15) is 27.7 Å². The van der Waals surface area contributed by atoms with Gasteiger partial charge >= 0.3 is 0 Å². The lowest BCUT2D eigenvalue weighted by atomic mass is 10.0. The average Bonchev–Trinajstić information content (AvgIpc) is 2.29. The Balaban J connectivity index is 2.50. The van der Waals surface area contributed by atoms with Gasteiger partial charge < -0.3 is 10.6 Å². The molecule has 0 aromatic rings. The summed E-state index contributed by atoms with van der Waals surface area (Å²) >= 11 is 0. The zero-order valence-corrected chi connectivity index (χ0v) is 11.5. The van der Waals surface area contributed by atoms with Crippen molar-refractivity contribution in [3.63, 3.8) is 0 Å². The van der Waals surface area contributed by atoms with Gasteiger partial charge in [-0.3, -0.25) is 9.69 Å². The van der Waals surface area contributed by atoms with Crippen LogP contribution in [0.2, 0.25) is 0 Å². The number of piperazine rings is 1. The van der Waals surface area contributed by atoms with Gasteiger partial charge in [-0.15, -0.1) is 0 Å². The van der Waals surface area contributed by atoms with E-state index in [9.17, 15) is 4.79 Å². The summed E-state index contributed by atoms with van der Waals surface area (Å²) in [5.74, 6) is 0.108. The van der Waals surface area contributed by atoms with Crippen LogP contribution in [0.5, 0.6) is 0 Å². The van der Waals surface area contributed by atoms with Crippen LogP contribution >= 0.6 is 0 Å². The second-order valence-electron chi connectivity index (χ2n) is 5.29. The largest absolute Gasteiger partial charge is 0.351 e. The average molecular weight is 239 g/mol. The molecule has 4 heteroatoms. The SMILES string of the molecule is CC(C)=CCNC(=O)C(C)(C)N1CCNCC1. The summed E-state index contributed by atoms with van der Waals surface area (Å²) in [6.07, 6.45) is 2.03. The summed E-state index contributed by atoms with van der Waals surface area (Å²) in [5.41, 5.74) is 0.808. The van der Waals surface area contributed by atoms with Crippen molar-refractivity contribution in [1.29, 1.82) is 0 Å². The van der Waals surface area contributed by atoms with Crippen molar-refractivity contribution in [3.05, 3.63) is 11.6 Å². The predicted octanol–water partition coefficient (Wildman–Crippen LogP) is 0.753. The Morgan fingerprint density at radius 1 is 1.35 bits per heavy atom. The number of carbonyl (C=O) groups is 1. The van der Waals surface area contributed by atoms with Gasteiger partial charge in [0.2, 0.25) is 5.91 Å². The minimum absolute atomic E-state index is 0.108. The standard InChI is InChI=1S/C13H25N3O/c1-11(2)5-6-15-12(17)13(3,4)16-9-7-14-8-10-16/h5,14H,6-10H2,1-4H3,(H,15,17). The van der Waals surface area contributed by atoms with E-state index >= 15 is 0 Å². The Morgan fingerprint density at radius 2 is 1.94 bits per heavy atom. The van der Waals surface area contributed by atoms with E-state index in [0.717, 1.165) is 26.2 Å². The molecule has 17 heavy (non-hydrogen) atoms. The zero-order valence-electron chi connectivity index (χ0n) is 11.5. The van der Waals surface area contributed by atoms with Crippen molar-refractivity contribution in [2.75, 3.05) is 32.7 Å². The summed E-state index contributed by atoms with van der Waals surface area (Å²) in [6.45, 7) is 12.5. The molecule has 1 aliphatic rings. The predicted molar refractivity (Wildman–Crippen MR) is 71.0 cm³/mol. The highest BCUT2D eigenvalue weighted by atomic mass is 16.2. The Kier molecular flexibility index (Phi) is 5.15. The summed E-state index contributed by atoms with van der Waals surface area (Å²) in [4.78, 5) is 14.4. The van der Waals surface area contributed by atoms with Crippen LogP contribution in [-0.4, -0.2) is 49.1 Å². The summed E-state index contributed by atoms with van der Waals surface area (Å²) in [7, 11) is 0. The Hall–Kier alpha value is -0.870. The molecule has 1 fully saturated rings. The van der Waals surface area contributed by atoms with Crippen LogP contribution in [0, 0.1) is 0 Å². The van der Waals surface area contributed by atoms with E-state index in [1.807, 2.05) is 33.8 Å². The molecular weight excluding hydrogens is 214 g/mol. The third-order valence-electron chi connectivity index (χ3n) is 3.24. The third-order valence-corrected chi connectivity index (χ3v) is 3.24. The molecule has 1 aliphatic heterocycles.